The van der Waals surface area contributed by atoms with Crippen molar-refractivity contribution in [3.8, 4) is 5.75 Å². The first-order valence-electron chi connectivity index (χ1n) is 14.6. The van der Waals surface area contributed by atoms with Gasteiger partial charge in [0.05, 0.1) is 57.6 Å². The van der Waals surface area contributed by atoms with Crippen molar-refractivity contribution in [2.24, 2.45) is 5.92 Å². The summed E-state index contributed by atoms with van der Waals surface area (Å²) < 4.78 is 15.9. The van der Waals surface area contributed by atoms with E-state index in [0.29, 0.717) is 37.6 Å². The van der Waals surface area contributed by atoms with Crippen molar-refractivity contribution in [2.75, 3.05) is 46.6 Å². The minimum Gasteiger partial charge on any atom is -0.497 e. The number of amides is 2. The molecule has 4 rings (SSSR count). The molecule has 2 fully saturated rings. The Morgan fingerprint density at radius 3 is 2.28 bits per heavy atom. The molecule has 11 heteroatoms. The molecule has 0 radical (unpaired) electrons. The minimum absolute atomic E-state index is 0.128. The largest absolute Gasteiger partial charge is 0.497 e. The van der Waals surface area contributed by atoms with E-state index < -0.39 is 41.4 Å². The molecule has 2 amide bonds. The van der Waals surface area contributed by atoms with Gasteiger partial charge < -0.3 is 30.0 Å². The van der Waals surface area contributed by atoms with Crippen LogP contribution in [-0.2, 0) is 35.1 Å². The molecule has 3 N–H and O–H groups in total. The first-order valence-corrected chi connectivity index (χ1v) is 14.6. The summed E-state index contributed by atoms with van der Waals surface area (Å²) in [6, 6.07) is 14.0. The average molecular weight is 596 g/mol. The summed E-state index contributed by atoms with van der Waals surface area (Å²) >= 11 is 0. The van der Waals surface area contributed by atoms with E-state index in [1.54, 1.807) is 38.1 Å². The number of methoxy groups -OCH3 is 1. The zero-order chi connectivity index (χ0) is 31.0. The molecule has 11 nitrogen and oxygen atoms in total. The molecule has 0 aromatic heterocycles. The van der Waals surface area contributed by atoms with Gasteiger partial charge in [0.1, 0.15) is 11.4 Å². The Kier molecular flexibility index (Phi) is 11.0. The molecule has 2 aliphatic heterocycles. The molecule has 232 valence electrons. The number of epoxide rings is 1. The molecule has 43 heavy (non-hydrogen) atoms. The molecule has 2 heterocycles. The van der Waals surface area contributed by atoms with Gasteiger partial charge in [0.15, 0.2) is 11.6 Å². The molecule has 2 saturated heterocycles. The number of ether oxygens (including phenoxy) is 3. The summed E-state index contributed by atoms with van der Waals surface area (Å²) in [6.45, 7) is 5.95. The maximum absolute atomic E-state index is 13.8. The van der Waals surface area contributed by atoms with Crippen LogP contribution in [0.5, 0.6) is 5.75 Å². The average Bonchev–Trinajstić information content (AvgIpc) is 3.77. The van der Waals surface area contributed by atoms with Gasteiger partial charge in [-0.25, -0.2) is 0 Å². The maximum Gasteiger partial charge on any atom is 0.234 e. The summed E-state index contributed by atoms with van der Waals surface area (Å²) in [5, 5.41) is 16.9. The Balaban J connectivity index is 1.50. The first-order chi connectivity index (χ1) is 20.6. The Morgan fingerprint density at radius 1 is 1.02 bits per heavy atom. The predicted molar refractivity (Wildman–Crippen MR) is 157 cm³/mol. The van der Waals surface area contributed by atoms with Gasteiger partial charge in [-0.05, 0) is 43.5 Å². The molecule has 2 aromatic carbocycles. The van der Waals surface area contributed by atoms with E-state index in [0.717, 1.165) is 5.56 Å². The number of aliphatic hydroxyl groups excluding tert-OH is 1. The first kappa shape index (κ1) is 32.3. The third-order valence-corrected chi connectivity index (χ3v) is 7.94. The van der Waals surface area contributed by atoms with Gasteiger partial charge in [0.2, 0.25) is 11.8 Å². The second-order valence-electron chi connectivity index (χ2n) is 11.3. The van der Waals surface area contributed by atoms with Crippen LogP contribution >= 0.6 is 0 Å². The van der Waals surface area contributed by atoms with E-state index >= 15 is 0 Å². The molecule has 2 aromatic rings. The van der Waals surface area contributed by atoms with Gasteiger partial charge in [0.25, 0.3) is 0 Å². The topological polar surface area (TPSA) is 147 Å². The Hall–Kier alpha value is -3.64. The van der Waals surface area contributed by atoms with E-state index in [1.165, 1.54) is 7.11 Å². The van der Waals surface area contributed by atoms with Crippen molar-refractivity contribution in [1.82, 2.24) is 15.5 Å². The maximum atomic E-state index is 13.8. The monoisotopic (exact) mass is 595 g/mol. The fraction of sp³-hybridized carbons (Fsp3) is 0.500. The summed E-state index contributed by atoms with van der Waals surface area (Å²) in [6.07, 6.45) is -1.51. The van der Waals surface area contributed by atoms with Crippen LogP contribution < -0.4 is 15.4 Å². The molecular formula is C32H41N3O8. The van der Waals surface area contributed by atoms with Crippen LogP contribution in [0.2, 0.25) is 0 Å². The molecule has 0 spiro atoms. The predicted octanol–water partition coefficient (Wildman–Crippen LogP) is 1.23. The number of benzene rings is 2. The van der Waals surface area contributed by atoms with Gasteiger partial charge in [-0.15, -0.1) is 0 Å². The van der Waals surface area contributed by atoms with Crippen LogP contribution in [-0.4, -0.2) is 97.6 Å². The van der Waals surface area contributed by atoms with Crippen LogP contribution in [0, 0.1) is 5.92 Å². The lowest BCUT2D eigenvalue weighted by Gasteiger charge is -2.28. The quantitative estimate of drug-likeness (QED) is 0.259. The van der Waals surface area contributed by atoms with Crippen LogP contribution in [0.1, 0.15) is 37.5 Å². The van der Waals surface area contributed by atoms with Crippen LogP contribution in [0.3, 0.4) is 0 Å². The SMILES string of the molecule is COc1ccc([C@H](O)[C@H](CC(=O)[C@H](C)NC(=O)CN2CCOCC2)C(=O)N[C@@H](Cc2ccccc2)C(=O)[C@@]2(C)CO2)cc1. The fourth-order valence-electron chi connectivity index (χ4n) is 5.06. The van der Waals surface area contributed by atoms with Crippen molar-refractivity contribution in [3.63, 3.8) is 0 Å². The Morgan fingerprint density at radius 2 is 1.67 bits per heavy atom. The van der Waals surface area contributed by atoms with Crippen molar-refractivity contribution in [3.05, 3.63) is 65.7 Å². The highest BCUT2D eigenvalue weighted by atomic mass is 16.6. The second-order valence-corrected chi connectivity index (χ2v) is 11.3. The molecule has 0 bridgehead atoms. The number of nitrogens with zero attached hydrogens (tertiary/aromatic N) is 1. The third-order valence-electron chi connectivity index (χ3n) is 7.94. The van der Waals surface area contributed by atoms with E-state index in [1.807, 2.05) is 35.2 Å². The summed E-state index contributed by atoms with van der Waals surface area (Å²) in [7, 11) is 1.52. The third kappa shape index (κ3) is 8.93. The molecular weight excluding hydrogens is 554 g/mol. The van der Waals surface area contributed by atoms with Gasteiger partial charge in [-0.1, -0.05) is 42.5 Å². The highest BCUT2D eigenvalue weighted by Gasteiger charge is 2.50. The van der Waals surface area contributed by atoms with E-state index in [-0.39, 0.29) is 37.7 Å². The van der Waals surface area contributed by atoms with Crippen molar-refractivity contribution < 1.29 is 38.5 Å². The van der Waals surface area contributed by atoms with E-state index in [4.69, 9.17) is 14.2 Å². The van der Waals surface area contributed by atoms with Gasteiger partial charge >= 0.3 is 0 Å². The Labute approximate surface area is 251 Å². The zero-order valence-electron chi connectivity index (χ0n) is 24.9. The number of hydrogen-bond donors (Lipinski definition) is 3. The van der Waals surface area contributed by atoms with Gasteiger partial charge in [-0.3, -0.25) is 24.1 Å². The lowest BCUT2D eigenvalue weighted by Crippen LogP contribution is -2.51. The molecule has 0 unspecified atom stereocenters. The zero-order valence-corrected chi connectivity index (χ0v) is 24.9. The number of ketones is 2. The summed E-state index contributed by atoms with van der Waals surface area (Å²) in [5.74, 6) is -2.34. The van der Waals surface area contributed by atoms with E-state index in [2.05, 4.69) is 10.6 Å². The molecule has 0 aliphatic carbocycles. The van der Waals surface area contributed by atoms with Gasteiger partial charge in [-0.2, -0.15) is 0 Å². The van der Waals surface area contributed by atoms with Crippen LogP contribution in [0.25, 0.3) is 0 Å². The lowest BCUT2D eigenvalue weighted by atomic mass is 9.87. The second kappa shape index (κ2) is 14.7. The van der Waals surface area contributed by atoms with Crippen molar-refractivity contribution in [2.45, 2.75) is 50.5 Å². The van der Waals surface area contributed by atoms with Crippen molar-refractivity contribution in [1.29, 1.82) is 0 Å². The number of aliphatic hydroxyl groups is 1. The molecule has 5 atom stereocenters. The van der Waals surface area contributed by atoms with Crippen LogP contribution in [0.15, 0.2) is 54.6 Å². The number of carbonyl (C=O) groups is 4. The molecule has 2 aliphatic rings. The fourth-order valence-corrected chi connectivity index (χ4v) is 5.06. The van der Waals surface area contributed by atoms with E-state index in [9.17, 15) is 24.3 Å². The smallest absolute Gasteiger partial charge is 0.234 e. The number of rotatable bonds is 15. The van der Waals surface area contributed by atoms with Crippen LogP contribution in [0.4, 0.5) is 0 Å². The normalized spacial score (nSPS) is 21.1. The molecule has 0 saturated carbocycles. The number of morpholine rings is 1. The number of Topliss-reactive ketones (excluding diaryl/α,β-unsaturated/α-hetero) is 2. The standard InChI is InChI=1S/C32H41N3O8/c1-21(33-28(37)19-35-13-15-42-16-14-35)27(36)18-25(29(38)23-9-11-24(41-3)12-10-23)31(40)34-26(30(39)32(2)20-43-32)17-22-7-5-4-6-8-22/h4-12,21,25-26,29,38H,13-20H2,1-3H3,(H,33,37)(H,34,40)/t21-,25-,26-,29-,32+/m0/s1. The summed E-state index contributed by atoms with van der Waals surface area (Å²) in [5.41, 5.74) is 0.248. The number of nitrogens with one attached hydrogen (secondary N) is 2. The van der Waals surface area contributed by atoms with Crippen molar-refractivity contribution >= 4 is 23.4 Å². The minimum atomic E-state index is -1.37. The highest BCUT2D eigenvalue weighted by molar-refractivity contribution is 5.98. The summed E-state index contributed by atoms with van der Waals surface area (Å²) in [4.78, 5) is 55.1. The highest BCUT2D eigenvalue weighted by Crippen LogP contribution is 2.31. The van der Waals surface area contributed by atoms with Gasteiger partial charge in [0, 0.05) is 19.5 Å². The lowest BCUT2D eigenvalue weighted by molar-refractivity contribution is -0.137. The number of hydrogen-bond acceptors (Lipinski definition) is 9. The Bertz CT molecular complexity index is 1260. The number of carbonyl (C=O) groups excluding carboxylic acids is 4.